The number of hydrogen-bond acceptors (Lipinski definition) is 5. The molecule has 0 aliphatic carbocycles. The summed E-state index contributed by atoms with van der Waals surface area (Å²) in [5.74, 6) is -0.315. The summed E-state index contributed by atoms with van der Waals surface area (Å²) in [6.45, 7) is 1.79. The van der Waals surface area contributed by atoms with Crippen molar-refractivity contribution in [3.05, 3.63) is 64.4 Å². The van der Waals surface area contributed by atoms with E-state index in [9.17, 15) is 14.3 Å². The molecule has 0 saturated carbocycles. The number of anilines is 1. The molecule has 0 aromatic heterocycles. The molecule has 1 aliphatic rings. The molecule has 1 heterocycles. The normalized spacial score (nSPS) is 18.1. The topological polar surface area (TPSA) is 83.3 Å². The Morgan fingerprint density at radius 3 is 2.80 bits per heavy atom. The highest BCUT2D eigenvalue weighted by molar-refractivity contribution is 6.32. The number of halogens is 2. The van der Waals surface area contributed by atoms with Crippen LogP contribution < -0.4 is 5.32 Å². The molecule has 0 saturated heterocycles. The van der Waals surface area contributed by atoms with Crippen LogP contribution in [0.5, 0.6) is 0 Å². The van der Waals surface area contributed by atoms with Crippen LogP contribution in [0.1, 0.15) is 30.9 Å². The smallest absolute Gasteiger partial charge is 0.305 e. The van der Waals surface area contributed by atoms with Gasteiger partial charge in [0.25, 0.3) is 0 Å². The molecule has 6 nitrogen and oxygen atoms in total. The first-order valence-electron chi connectivity index (χ1n) is 9.58. The van der Waals surface area contributed by atoms with Gasteiger partial charge in [0.15, 0.2) is 0 Å². The second-order valence-corrected chi connectivity index (χ2v) is 7.41. The van der Waals surface area contributed by atoms with Gasteiger partial charge in [-0.05, 0) is 43.7 Å². The van der Waals surface area contributed by atoms with Gasteiger partial charge >= 0.3 is 5.97 Å². The van der Waals surface area contributed by atoms with Gasteiger partial charge in [0, 0.05) is 28.3 Å². The Morgan fingerprint density at radius 2 is 2.10 bits per heavy atom. The molecule has 2 N–H and O–H groups in total. The molecule has 30 heavy (non-hydrogen) atoms. The molecule has 8 heteroatoms. The van der Waals surface area contributed by atoms with Crippen molar-refractivity contribution >= 4 is 34.8 Å². The van der Waals surface area contributed by atoms with Crippen molar-refractivity contribution in [2.75, 3.05) is 19.0 Å². The number of amidine groups is 1. The quantitative estimate of drug-likeness (QED) is 0.680. The number of aliphatic hydroxyl groups is 1. The van der Waals surface area contributed by atoms with Crippen molar-refractivity contribution in [1.29, 1.82) is 0 Å². The third-order valence-electron chi connectivity index (χ3n) is 4.60. The Morgan fingerprint density at radius 1 is 1.33 bits per heavy atom. The summed E-state index contributed by atoms with van der Waals surface area (Å²) in [5, 5.41) is 13.4. The lowest BCUT2D eigenvalue weighted by molar-refractivity contribution is -0.140. The predicted octanol–water partition coefficient (Wildman–Crippen LogP) is 3.84. The fourth-order valence-electron chi connectivity index (χ4n) is 3.13. The summed E-state index contributed by atoms with van der Waals surface area (Å²) in [4.78, 5) is 21.0. The largest absolute Gasteiger partial charge is 0.469 e. The van der Waals surface area contributed by atoms with Crippen LogP contribution in [-0.4, -0.2) is 48.4 Å². The van der Waals surface area contributed by atoms with Gasteiger partial charge in [0.05, 0.1) is 25.5 Å². The average Bonchev–Trinajstić information content (AvgIpc) is 2.87. The van der Waals surface area contributed by atoms with Crippen molar-refractivity contribution in [2.24, 2.45) is 9.98 Å². The number of nitrogens with zero attached hydrogens (tertiary/aromatic N) is 2. The van der Waals surface area contributed by atoms with E-state index in [1.54, 1.807) is 43.3 Å². The number of aliphatic hydroxyl groups excluding tert-OH is 1. The monoisotopic (exact) mass is 431 g/mol. The number of ether oxygens (including phenoxy) is 1. The summed E-state index contributed by atoms with van der Waals surface area (Å²) in [6, 6.07) is 11.0. The molecule has 3 rings (SSSR count). The van der Waals surface area contributed by atoms with Crippen molar-refractivity contribution in [3.63, 3.8) is 0 Å². The second kappa shape index (κ2) is 9.82. The number of hydrogen-bond donors (Lipinski definition) is 2. The van der Waals surface area contributed by atoms with Crippen LogP contribution in [0.25, 0.3) is 0 Å². The number of rotatable bonds is 6. The van der Waals surface area contributed by atoms with Gasteiger partial charge in [0.1, 0.15) is 17.7 Å². The van der Waals surface area contributed by atoms with E-state index in [2.05, 4.69) is 10.3 Å². The third-order valence-corrected chi connectivity index (χ3v) is 4.84. The summed E-state index contributed by atoms with van der Waals surface area (Å²) in [7, 11) is 1.32. The van der Waals surface area contributed by atoms with Gasteiger partial charge in [-0.25, -0.2) is 4.39 Å². The summed E-state index contributed by atoms with van der Waals surface area (Å²) < 4.78 is 19.4. The highest BCUT2D eigenvalue weighted by atomic mass is 35.5. The summed E-state index contributed by atoms with van der Waals surface area (Å²) in [5.41, 5.74) is 2.02. The van der Waals surface area contributed by atoms with E-state index < -0.39 is 18.0 Å². The lowest BCUT2D eigenvalue weighted by Gasteiger charge is -2.16. The van der Waals surface area contributed by atoms with E-state index >= 15 is 0 Å². The molecule has 0 bridgehead atoms. The minimum absolute atomic E-state index is 0.113. The number of esters is 1. The molecule has 2 aromatic rings. The minimum Gasteiger partial charge on any atom is -0.469 e. The lowest BCUT2D eigenvalue weighted by Crippen LogP contribution is -2.28. The highest BCUT2D eigenvalue weighted by Crippen LogP contribution is 2.29. The molecule has 1 unspecified atom stereocenters. The lowest BCUT2D eigenvalue weighted by atomic mass is 10.00. The zero-order chi connectivity index (χ0) is 21.7. The number of benzene rings is 2. The highest BCUT2D eigenvalue weighted by Gasteiger charge is 2.26. The summed E-state index contributed by atoms with van der Waals surface area (Å²) in [6.07, 6.45) is -0.233. The molecule has 0 radical (unpaired) electrons. The molecular formula is C22H23ClFN3O3. The maximum Gasteiger partial charge on any atom is 0.305 e. The standard InChI is InChI=1S/C22H23ClFN3O3/c1-13(28)12-25-22-19(9-10-20(29)30-2)26-21(15-5-3-4-6-17(15)24)16-11-14(23)7-8-18(16)27-22/h3-8,11,13,19,28H,9-10,12H2,1-2H3,(H,25,27)/t13?,19-/m0/s1. The van der Waals surface area contributed by atoms with Crippen LogP contribution in [0.3, 0.4) is 0 Å². The van der Waals surface area contributed by atoms with Gasteiger partial charge < -0.3 is 15.2 Å². The zero-order valence-corrected chi connectivity index (χ0v) is 17.5. The van der Waals surface area contributed by atoms with Crippen molar-refractivity contribution in [3.8, 4) is 0 Å². The van der Waals surface area contributed by atoms with E-state index in [0.717, 1.165) is 0 Å². The number of methoxy groups -OCH3 is 1. The van der Waals surface area contributed by atoms with Gasteiger partial charge in [0.2, 0.25) is 0 Å². The van der Waals surface area contributed by atoms with E-state index in [1.807, 2.05) is 0 Å². The van der Waals surface area contributed by atoms with E-state index in [-0.39, 0.29) is 18.9 Å². The first-order chi connectivity index (χ1) is 14.4. The molecule has 158 valence electrons. The Bertz CT molecular complexity index is 991. The average molecular weight is 432 g/mol. The third kappa shape index (κ3) is 5.23. The zero-order valence-electron chi connectivity index (χ0n) is 16.7. The Hall–Kier alpha value is -2.77. The number of aliphatic imine (C=N–C) groups is 2. The van der Waals surface area contributed by atoms with Crippen LogP contribution in [0.4, 0.5) is 10.1 Å². The van der Waals surface area contributed by atoms with Crippen LogP contribution >= 0.6 is 11.6 Å². The van der Waals surface area contributed by atoms with Gasteiger partial charge in [-0.1, -0.05) is 23.7 Å². The maximum absolute atomic E-state index is 14.7. The van der Waals surface area contributed by atoms with E-state index in [1.165, 1.54) is 13.2 Å². The molecule has 2 atom stereocenters. The first kappa shape index (κ1) is 21.9. The fourth-order valence-corrected chi connectivity index (χ4v) is 3.30. The van der Waals surface area contributed by atoms with E-state index in [0.29, 0.717) is 39.8 Å². The van der Waals surface area contributed by atoms with Crippen molar-refractivity contribution < 1.29 is 19.0 Å². The predicted molar refractivity (Wildman–Crippen MR) is 116 cm³/mol. The molecule has 0 fully saturated rings. The molecular weight excluding hydrogens is 409 g/mol. The molecule has 1 aliphatic heterocycles. The number of fused-ring (bicyclic) bond motifs is 1. The Kier molecular flexibility index (Phi) is 7.18. The first-order valence-corrected chi connectivity index (χ1v) is 9.95. The maximum atomic E-state index is 14.7. The number of carbonyl (C=O) groups excluding carboxylic acids is 1. The SMILES string of the molecule is COC(=O)CC[C@@H]1N=C(c2ccccc2F)c2cc(Cl)ccc2NC1=NCC(C)O. The fraction of sp³-hybridized carbons (Fsp3) is 0.318. The van der Waals surface area contributed by atoms with Crippen LogP contribution in [-0.2, 0) is 9.53 Å². The molecule has 2 aromatic carbocycles. The van der Waals surface area contributed by atoms with Crippen LogP contribution in [0, 0.1) is 5.82 Å². The molecule has 0 amide bonds. The van der Waals surface area contributed by atoms with Crippen molar-refractivity contribution in [2.45, 2.75) is 31.9 Å². The minimum atomic E-state index is -0.650. The number of carbonyl (C=O) groups is 1. The van der Waals surface area contributed by atoms with Crippen LogP contribution in [0.2, 0.25) is 5.02 Å². The number of nitrogens with one attached hydrogen (secondary N) is 1. The van der Waals surface area contributed by atoms with Crippen LogP contribution in [0.15, 0.2) is 52.4 Å². The summed E-state index contributed by atoms with van der Waals surface area (Å²) >= 11 is 6.22. The number of benzodiazepines with no additional fused rings is 1. The Balaban J connectivity index is 2.15. The molecule has 0 spiro atoms. The van der Waals surface area contributed by atoms with Gasteiger partial charge in [-0.15, -0.1) is 0 Å². The van der Waals surface area contributed by atoms with Gasteiger partial charge in [-0.2, -0.15) is 0 Å². The Labute approximate surface area is 179 Å². The van der Waals surface area contributed by atoms with Gasteiger partial charge in [-0.3, -0.25) is 14.8 Å². The second-order valence-electron chi connectivity index (χ2n) is 6.98. The van der Waals surface area contributed by atoms with E-state index in [4.69, 9.17) is 21.3 Å². The van der Waals surface area contributed by atoms with Crippen molar-refractivity contribution in [1.82, 2.24) is 0 Å².